The first-order chi connectivity index (χ1) is 21.0. The van der Waals surface area contributed by atoms with Gasteiger partial charge in [0.2, 0.25) is 33.7 Å². The smallest absolute Gasteiger partial charge is 0.296 e. The highest BCUT2D eigenvalue weighted by Crippen LogP contribution is 2.35. The van der Waals surface area contributed by atoms with E-state index in [0.29, 0.717) is 18.2 Å². The van der Waals surface area contributed by atoms with Crippen LogP contribution >= 0.6 is 34.8 Å². The second-order valence-corrected chi connectivity index (χ2v) is 14.8. The van der Waals surface area contributed by atoms with Gasteiger partial charge < -0.3 is 16.0 Å². The van der Waals surface area contributed by atoms with Crippen molar-refractivity contribution in [2.24, 2.45) is 0 Å². The normalized spacial score (nSPS) is 12.5. The zero-order chi connectivity index (χ0) is 34.4. The summed E-state index contributed by atoms with van der Waals surface area (Å²) in [7, 11) is -20.5. The molecule has 0 aliphatic rings. The molecule has 7 N–H and O–H groups in total. The molecular weight excluding hydrogens is 769 g/mol. The first-order valence-electron chi connectivity index (χ1n) is 11.0. The van der Waals surface area contributed by atoms with Crippen LogP contribution in [0, 0.1) is 0 Å². The Morgan fingerprint density at radius 2 is 0.804 bits per heavy atom. The van der Waals surface area contributed by atoms with E-state index in [1.54, 1.807) is 0 Å². The Bertz CT molecular complexity index is 2330. The molecule has 2 aromatic carbocycles. The average molecular weight is 781 g/mol. The third-order valence-corrected chi connectivity index (χ3v) is 9.13. The summed E-state index contributed by atoms with van der Waals surface area (Å²) in [4.78, 5) is 17.8. The van der Waals surface area contributed by atoms with Gasteiger partial charge in [0, 0.05) is 0 Å². The van der Waals surface area contributed by atoms with Gasteiger partial charge in [0.1, 0.15) is 14.7 Å². The Kier molecular flexibility index (Phi) is 9.59. The highest BCUT2D eigenvalue weighted by Gasteiger charge is 2.26. The highest BCUT2D eigenvalue weighted by molar-refractivity contribution is 7.87. The molecule has 46 heavy (non-hydrogen) atoms. The number of aromatic nitrogens is 6. The van der Waals surface area contributed by atoms with Crippen LogP contribution in [-0.4, -0.2) is 81.8 Å². The molecule has 0 atom stereocenters. The van der Waals surface area contributed by atoms with Crippen LogP contribution in [0.4, 0.5) is 34.9 Å². The molecule has 0 unspecified atom stereocenters. The number of benzene rings is 2. The van der Waals surface area contributed by atoms with Gasteiger partial charge >= 0.3 is 0 Å². The number of hydrogen-bond acceptors (Lipinski definition) is 17. The van der Waals surface area contributed by atoms with Gasteiger partial charge in [0.25, 0.3) is 40.5 Å². The Morgan fingerprint density at radius 3 is 1.20 bits per heavy atom. The molecule has 0 spiro atoms. The molecule has 0 fully saturated rings. The lowest BCUT2D eigenvalue weighted by Gasteiger charge is -2.16. The van der Waals surface area contributed by atoms with E-state index in [-0.39, 0.29) is 0 Å². The minimum atomic E-state index is -5.22. The van der Waals surface area contributed by atoms with Crippen LogP contribution in [0.3, 0.4) is 0 Å². The molecule has 2 heterocycles. The molecule has 2 aromatic heterocycles. The fourth-order valence-electron chi connectivity index (χ4n) is 3.37. The van der Waals surface area contributed by atoms with Crippen molar-refractivity contribution in [3.63, 3.8) is 0 Å². The summed E-state index contributed by atoms with van der Waals surface area (Å²) in [5.41, 5.74) is -2.04. The molecule has 0 amide bonds. The van der Waals surface area contributed by atoms with Gasteiger partial charge in [-0.2, -0.15) is 63.6 Å². The first-order valence-corrected chi connectivity index (χ1v) is 17.9. The van der Waals surface area contributed by atoms with Gasteiger partial charge in [0.05, 0.1) is 22.0 Å². The summed E-state index contributed by atoms with van der Waals surface area (Å²) < 4.78 is 134. The number of halogens is 3. The third-order valence-electron chi connectivity index (χ3n) is 5.09. The van der Waals surface area contributed by atoms with E-state index in [2.05, 4.69) is 45.9 Å². The maximum absolute atomic E-state index is 12.3. The monoisotopic (exact) mass is 779 g/mol. The maximum atomic E-state index is 12.3. The van der Waals surface area contributed by atoms with Crippen LogP contribution in [0.2, 0.25) is 15.9 Å². The molecule has 21 nitrogen and oxygen atoms in total. The van der Waals surface area contributed by atoms with Crippen molar-refractivity contribution in [2.75, 3.05) is 16.0 Å². The van der Waals surface area contributed by atoms with Crippen molar-refractivity contribution in [1.82, 2.24) is 29.9 Å². The Hall–Kier alpha value is -3.63. The fourth-order valence-corrected chi connectivity index (χ4v) is 6.45. The molecule has 28 heteroatoms. The Labute approximate surface area is 272 Å². The summed E-state index contributed by atoms with van der Waals surface area (Å²) >= 11 is 17.3. The number of nitrogens with zero attached hydrogens (tertiary/aromatic N) is 6. The minimum absolute atomic E-state index is 0.401. The lowest BCUT2D eigenvalue weighted by molar-refractivity contribution is 0.479. The Balaban J connectivity index is 1.82. The van der Waals surface area contributed by atoms with E-state index in [9.17, 15) is 51.9 Å². The summed E-state index contributed by atoms with van der Waals surface area (Å²) in [6.45, 7) is 0. The van der Waals surface area contributed by atoms with Crippen LogP contribution in [-0.2, 0) is 40.5 Å². The first kappa shape index (κ1) is 35.2. The SMILES string of the molecule is O=S(=O)(O)c1ccc(Nc2nc(Cl)nc(Nc3cc(S(=O)(=O)O)c(Nc4nc(Cl)nc(Cl)n4)cc3S(=O)(=O)O)n2)c(S(=O)(=O)O)c1. The van der Waals surface area contributed by atoms with Crippen LogP contribution < -0.4 is 16.0 Å². The van der Waals surface area contributed by atoms with Gasteiger partial charge in [-0.1, -0.05) is 0 Å². The van der Waals surface area contributed by atoms with Crippen LogP contribution in [0.25, 0.3) is 0 Å². The van der Waals surface area contributed by atoms with E-state index in [4.69, 9.17) is 34.8 Å². The number of anilines is 6. The molecule has 246 valence electrons. The molecule has 4 rings (SSSR count). The molecule has 0 aliphatic carbocycles. The van der Waals surface area contributed by atoms with Gasteiger partial charge in [-0.05, 0) is 65.1 Å². The van der Waals surface area contributed by atoms with Crippen molar-refractivity contribution in [3.8, 4) is 0 Å². The molecular formula is C18H12Cl3N9O12S4. The van der Waals surface area contributed by atoms with Crippen molar-refractivity contribution in [1.29, 1.82) is 0 Å². The summed E-state index contributed by atoms with van der Waals surface area (Å²) in [6.07, 6.45) is 0. The second-order valence-electron chi connectivity index (χ2n) is 8.23. The summed E-state index contributed by atoms with van der Waals surface area (Å²) in [5.74, 6) is -1.82. The molecule has 4 aromatic rings. The quantitative estimate of drug-likeness (QED) is 0.113. The van der Waals surface area contributed by atoms with Crippen molar-refractivity contribution in [3.05, 3.63) is 46.2 Å². The largest absolute Gasteiger partial charge is 0.323 e. The number of hydrogen-bond donors (Lipinski definition) is 7. The van der Waals surface area contributed by atoms with E-state index in [0.717, 1.165) is 12.1 Å². The molecule has 0 saturated carbocycles. The van der Waals surface area contributed by atoms with E-state index < -0.39 is 111 Å². The Morgan fingerprint density at radius 1 is 0.457 bits per heavy atom. The minimum Gasteiger partial charge on any atom is -0.323 e. The number of rotatable bonds is 10. The zero-order valence-corrected chi connectivity index (χ0v) is 26.9. The molecule has 0 aliphatic heterocycles. The van der Waals surface area contributed by atoms with Crippen LogP contribution in [0.5, 0.6) is 0 Å². The van der Waals surface area contributed by atoms with Gasteiger partial charge in [-0.3, -0.25) is 18.2 Å². The molecule has 0 saturated heterocycles. The van der Waals surface area contributed by atoms with Crippen molar-refractivity contribution in [2.45, 2.75) is 19.6 Å². The average Bonchev–Trinajstić information content (AvgIpc) is 2.86. The lowest BCUT2D eigenvalue weighted by atomic mass is 10.2. The van der Waals surface area contributed by atoms with E-state index >= 15 is 0 Å². The summed E-state index contributed by atoms with van der Waals surface area (Å²) in [6, 6.07) is 2.99. The topological polar surface area (TPSA) is 331 Å². The van der Waals surface area contributed by atoms with Crippen molar-refractivity contribution < 1.29 is 51.9 Å². The highest BCUT2D eigenvalue weighted by atomic mass is 35.5. The predicted octanol–water partition coefficient (Wildman–Crippen LogP) is 2.23. The van der Waals surface area contributed by atoms with E-state index in [1.807, 2.05) is 0 Å². The van der Waals surface area contributed by atoms with E-state index in [1.165, 1.54) is 0 Å². The standard InChI is InChI=1S/C18H12Cl3N9O12S4/c19-13-25-14(20)27-16(26-13)23-8-4-12(46(40,41)42)9(5-11(8)45(37,38)39)24-18-29-15(21)28-17(30-18)22-7-2-1-6(43(31,32)33)3-10(7)44(34,35)36/h1-5H,(H,31,32,33)(H,34,35,36)(H,37,38,39)(H,40,41,42)(H,23,25,26,27)(H2,22,24,28,29,30). The predicted molar refractivity (Wildman–Crippen MR) is 157 cm³/mol. The van der Waals surface area contributed by atoms with Crippen molar-refractivity contribution >= 4 is 110 Å². The molecule has 0 radical (unpaired) electrons. The third kappa shape index (κ3) is 8.59. The van der Waals surface area contributed by atoms with Gasteiger partial charge in [-0.25, -0.2) is 0 Å². The fraction of sp³-hybridized carbons (Fsp3) is 0. The van der Waals surface area contributed by atoms with Crippen LogP contribution in [0.1, 0.15) is 0 Å². The van der Waals surface area contributed by atoms with Gasteiger partial charge in [0.15, 0.2) is 0 Å². The second kappa shape index (κ2) is 12.5. The maximum Gasteiger partial charge on any atom is 0.296 e. The zero-order valence-electron chi connectivity index (χ0n) is 21.4. The molecule has 0 bridgehead atoms. The number of nitrogens with one attached hydrogen (secondary N) is 3. The summed E-state index contributed by atoms with van der Waals surface area (Å²) in [5, 5.41) is 5.24. The van der Waals surface area contributed by atoms with Gasteiger partial charge in [-0.15, -0.1) is 0 Å². The lowest BCUT2D eigenvalue weighted by Crippen LogP contribution is -2.12. The van der Waals surface area contributed by atoms with Crippen LogP contribution in [0.15, 0.2) is 49.9 Å².